The van der Waals surface area contributed by atoms with Gasteiger partial charge in [-0.25, -0.2) is 13.9 Å². The molecule has 10 heteroatoms. The summed E-state index contributed by atoms with van der Waals surface area (Å²) in [6.07, 6.45) is 0.249. The van der Waals surface area contributed by atoms with Crippen molar-refractivity contribution in [1.29, 1.82) is 0 Å². The molecule has 30 heavy (non-hydrogen) atoms. The molecule has 2 aliphatic heterocycles. The molecule has 0 unspecified atom stereocenters. The quantitative estimate of drug-likeness (QED) is 0.466. The zero-order chi connectivity index (χ0) is 21.2. The number of nitrogens with one attached hydrogen (secondary N) is 2. The molecule has 0 aromatic heterocycles. The van der Waals surface area contributed by atoms with Crippen LogP contribution in [-0.2, 0) is 14.6 Å². The third kappa shape index (κ3) is 3.81. The molecule has 160 valence electrons. The molecule has 0 bridgehead atoms. The lowest BCUT2D eigenvalue weighted by atomic mass is 9.93. The van der Waals surface area contributed by atoms with E-state index in [2.05, 4.69) is 5.32 Å². The van der Waals surface area contributed by atoms with Gasteiger partial charge in [-0.1, -0.05) is 0 Å². The zero-order valence-corrected chi connectivity index (χ0v) is 16.9. The summed E-state index contributed by atoms with van der Waals surface area (Å²) in [7, 11) is -3.83. The lowest BCUT2D eigenvalue weighted by molar-refractivity contribution is -0.130. The van der Waals surface area contributed by atoms with E-state index in [-0.39, 0.29) is 31.0 Å². The highest BCUT2D eigenvalue weighted by Crippen LogP contribution is 2.39. The first-order chi connectivity index (χ1) is 14.4. The van der Waals surface area contributed by atoms with Crippen LogP contribution < -0.4 is 25.0 Å². The smallest absolute Gasteiger partial charge is 0.244 e. The van der Waals surface area contributed by atoms with Crippen molar-refractivity contribution < 1.29 is 32.6 Å². The largest absolute Gasteiger partial charge is 0.457 e. The molecule has 1 fully saturated rings. The maximum atomic E-state index is 13.4. The van der Waals surface area contributed by atoms with Crippen LogP contribution in [0.4, 0.5) is 0 Å². The summed E-state index contributed by atoms with van der Waals surface area (Å²) in [5, 5.41) is 12.0. The minimum Gasteiger partial charge on any atom is -0.457 e. The molecule has 4 rings (SSSR count). The van der Waals surface area contributed by atoms with Crippen molar-refractivity contribution in [2.24, 2.45) is 0 Å². The van der Waals surface area contributed by atoms with Crippen LogP contribution in [0, 0.1) is 0 Å². The summed E-state index contributed by atoms with van der Waals surface area (Å²) in [5.74, 6) is 1.50. The number of fused-ring (bicyclic) bond motifs is 1. The number of piperidine rings is 1. The van der Waals surface area contributed by atoms with Gasteiger partial charge >= 0.3 is 0 Å². The van der Waals surface area contributed by atoms with Gasteiger partial charge in [0, 0.05) is 12.5 Å². The van der Waals surface area contributed by atoms with Crippen LogP contribution >= 0.6 is 0 Å². The van der Waals surface area contributed by atoms with Gasteiger partial charge in [0.15, 0.2) is 21.3 Å². The Morgan fingerprint density at radius 2 is 1.73 bits per heavy atom. The van der Waals surface area contributed by atoms with Crippen LogP contribution in [0.1, 0.15) is 19.3 Å². The summed E-state index contributed by atoms with van der Waals surface area (Å²) < 4.78 is 41.9. The Labute approximate surface area is 173 Å². The maximum Gasteiger partial charge on any atom is 0.244 e. The number of ether oxygens (including phenoxy) is 3. The van der Waals surface area contributed by atoms with Crippen LogP contribution in [0.5, 0.6) is 23.0 Å². The second kappa shape index (κ2) is 8.13. The molecule has 9 nitrogen and oxygen atoms in total. The summed E-state index contributed by atoms with van der Waals surface area (Å²) >= 11 is 0. The number of benzene rings is 2. The molecule has 3 N–H and O–H groups in total. The van der Waals surface area contributed by atoms with Gasteiger partial charge in [-0.2, -0.15) is 0 Å². The van der Waals surface area contributed by atoms with E-state index < -0.39 is 20.5 Å². The Morgan fingerprint density at radius 1 is 1.07 bits per heavy atom. The van der Waals surface area contributed by atoms with E-state index in [4.69, 9.17) is 19.4 Å². The molecule has 2 heterocycles. The average molecular weight is 434 g/mol. The molecule has 1 amide bonds. The number of carbonyl (C=O) groups is 1. The van der Waals surface area contributed by atoms with E-state index in [0.29, 0.717) is 36.1 Å². The van der Waals surface area contributed by atoms with Gasteiger partial charge in [-0.05, 0) is 62.3 Å². The molecule has 2 aromatic rings. The number of hydrogen-bond donors (Lipinski definition) is 3. The summed E-state index contributed by atoms with van der Waals surface area (Å²) in [6.45, 7) is 1.11. The topological polar surface area (TPSA) is 123 Å². The normalized spacial score (nSPS) is 17.4. The van der Waals surface area contributed by atoms with Gasteiger partial charge in [-0.3, -0.25) is 10.0 Å². The highest BCUT2D eigenvalue weighted by atomic mass is 32.2. The Kier molecular flexibility index (Phi) is 5.54. The minimum atomic E-state index is -3.83. The van der Waals surface area contributed by atoms with Gasteiger partial charge in [0.25, 0.3) is 0 Å². The van der Waals surface area contributed by atoms with Crippen LogP contribution in [0.2, 0.25) is 0 Å². The van der Waals surface area contributed by atoms with Crippen LogP contribution in [-0.4, -0.2) is 44.2 Å². The Balaban J connectivity index is 1.56. The fourth-order valence-corrected chi connectivity index (χ4v) is 5.83. The van der Waals surface area contributed by atoms with E-state index in [9.17, 15) is 13.2 Å². The first-order valence-corrected chi connectivity index (χ1v) is 11.0. The SMILES string of the molecule is O=C(CC1(S(=O)(=O)c2ccc(Oc3ccc4c(c3)OCO4)cc2)CCNCC1)NO. The molecular weight excluding hydrogens is 412 g/mol. The summed E-state index contributed by atoms with van der Waals surface area (Å²) in [5.41, 5.74) is 1.55. The molecular formula is C20H22N2O7S. The van der Waals surface area contributed by atoms with Crippen LogP contribution in [0.15, 0.2) is 47.4 Å². The highest BCUT2D eigenvalue weighted by molar-refractivity contribution is 7.92. The standard InChI is InChI=1S/C20H22N2O7S/c23-19(22-24)12-20(7-9-21-10-8-20)30(25,26)16-4-1-14(2-5-16)29-15-3-6-17-18(11-15)28-13-27-17/h1-6,11,21,24H,7-10,12-13H2,(H,22,23). The second-order valence-electron chi connectivity index (χ2n) is 7.24. The van der Waals surface area contributed by atoms with Crippen molar-refractivity contribution in [3.63, 3.8) is 0 Å². The van der Waals surface area contributed by atoms with Crippen molar-refractivity contribution in [2.75, 3.05) is 19.9 Å². The summed E-state index contributed by atoms with van der Waals surface area (Å²) in [4.78, 5) is 11.9. The minimum absolute atomic E-state index is 0.105. The van der Waals surface area contributed by atoms with Crippen molar-refractivity contribution in [2.45, 2.75) is 28.9 Å². The first kappa shape index (κ1) is 20.5. The predicted octanol–water partition coefficient (Wildman–Crippen LogP) is 2.00. The molecule has 0 aliphatic carbocycles. The molecule has 0 radical (unpaired) electrons. The highest BCUT2D eigenvalue weighted by Gasteiger charge is 2.46. The van der Waals surface area contributed by atoms with Crippen molar-refractivity contribution >= 4 is 15.7 Å². The van der Waals surface area contributed by atoms with E-state index in [0.717, 1.165) is 0 Å². The number of hydroxylamine groups is 1. The van der Waals surface area contributed by atoms with Crippen molar-refractivity contribution in [1.82, 2.24) is 10.8 Å². The van der Waals surface area contributed by atoms with Crippen molar-refractivity contribution in [3.8, 4) is 23.0 Å². The molecule has 0 spiro atoms. The molecule has 2 aliphatic rings. The van der Waals surface area contributed by atoms with E-state index in [1.807, 2.05) is 0 Å². The van der Waals surface area contributed by atoms with E-state index in [1.165, 1.54) is 12.1 Å². The van der Waals surface area contributed by atoms with Crippen molar-refractivity contribution in [3.05, 3.63) is 42.5 Å². The lowest BCUT2D eigenvalue weighted by Gasteiger charge is -2.36. The van der Waals surface area contributed by atoms with Gasteiger partial charge in [0.05, 0.1) is 9.64 Å². The van der Waals surface area contributed by atoms with Gasteiger partial charge < -0.3 is 19.5 Å². The molecule has 2 aromatic carbocycles. The van der Waals surface area contributed by atoms with E-state index in [1.54, 1.807) is 35.8 Å². The Bertz CT molecular complexity index is 1030. The van der Waals surface area contributed by atoms with Gasteiger partial charge in [0.2, 0.25) is 12.7 Å². The number of rotatable bonds is 6. The third-order valence-electron chi connectivity index (χ3n) is 5.41. The Morgan fingerprint density at radius 3 is 2.43 bits per heavy atom. The maximum absolute atomic E-state index is 13.4. The van der Waals surface area contributed by atoms with E-state index >= 15 is 0 Å². The molecule has 0 atom stereocenters. The lowest BCUT2D eigenvalue weighted by Crippen LogP contribution is -2.50. The van der Waals surface area contributed by atoms with Crippen LogP contribution in [0.3, 0.4) is 0 Å². The zero-order valence-electron chi connectivity index (χ0n) is 16.1. The molecule has 0 saturated carbocycles. The number of hydrogen-bond acceptors (Lipinski definition) is 8. The van der Waals surface area contributed by atoms with Crippen LogP contribution in [0.25, 0.3) is 0 Å². The second-order valence-corrected chi connectivity index (χ2v) is 9.58. The monoisotopic (exact) mass is 434 g/mol. The fraction of sp³-hybridized carbons (Fsp3) is 0.350. The van der Waals surface area contributed by atoms with Gasteiger partial charge in [-0.15, -0.1) is 0 Å². The predicted molar refractivity (Wildman–Crippen MR) is 106 cm³/mol. The number of carbonyl (C=O) groups excluding carboxylic acids is 1. The van der Waals surface area contributed by atoms with Gasteiger partial charge in [0.1, 0.15) is 11.5 Å². The average Bonchev–Trinajstić information content (AvgIpc) is 3.22. The first-order valence-electron chi connectivity index (χ1n) is 9.49. The number of amides is 1. The Hall–Kier alpha value is -2.82. The number of sulfone groups is 1. The molecule has 1 saturated heterocycles. The third-order valence-corrected chi connectivity index (χ3v) is 7.99. The summed E-state index contributed by atoms with van der Waals surface area (Å²) in [6, 6.07) is 11.2. The fourth-order valence-electron chi connectivity index (χ4n) is 3.77.